The number of rotatable bonds is 6. The van der Waals surface area contributed by atoms with Gasteiger partial charge in [0.25, 0.3) is 0 Å². The van der Waals surface area contributed by atoms with Crippen LogP contribution in [0.4, 0.5) is 0 Å². The van der Waals surface area contributed by atoms with Gasteiger partial charge < -0.3 is 30.1 Å². The lowest BCUT2D eigenvalue weighted by molar-refractivity contribution is -0.205. The summed E-state index contributed by atoms with van der Waals surface area (Å²) in [5.41, 5.74) is 0.352. The quantitative estimate of drug-likeness (QED) is 0.144. The maximum atomic E-state index is 10.9. The van der Waals surface area contributed by atoms with Gasteiger partial charge in [-0.2, -0.15) is 8.42 Å². The van der Waals surface area contributed by atoms with Gasteiger partial charge in [0.15, 0.2) is 0 Å². The molecule has 2 heterocycles. The summed E-state index contributed by atoms with van der Waals surface area (Å²) in [6, 6.07) is 7.33. The Hall–Kier alpha value is -1.71. The van der Waals surface area contributed by atoms with Gasteiger partial charge in [0.1, 0.15) is 34.9 Å². The van der Waals surface area contributed by atoms with E-state index in [1.54, 1.807) is 6.20 Å². The summed E-state index contributed by atoms with van der Waals surface area (Å²) in [5, 5.41) is 43.5. The SMILES string of the molecule is O=S(=O)(O)O/N=C(/Cc1c[nH]c2ccccc12)S[C@H]1O[C@@H](CO)[C@H](O)[C@@H](O)[C@@H]1O. The Morgan fingerprint density at radius 3 is 2.62 bits per heavy atom. The van der Waals surface area contributed by atoms with Crippen LogP contribution in [0.15, 0.2) is 35.6 Å². The molecule has 1 aromatic carbocycles. The number of aromatic nitrogens is 1. The fourth-order valence-corrected chi connectivity index (χ4v) is 4.24. The number of ether oxygens (including phenoxy) is 1. The lowest BCUT2D eigenvalue weighted by Gasteiger charge is -2.39. The number of para-hydroxylation sites is 1. The molecule has 1 aliphatic rings. The minimum absolute atomic E-state index is 0.00305. The number of thioether (sulfide) groups is 1. The maximum absolute atomic E-state index is 10.9. The molecule has 11 nitrogen and oxygen atoms in total. The molecule has 3 rings (SSSR count). The number of H-pyrrole nitrogens is 1. The van der Waals surface area contributed by atoms with Gasteiger partial charge in [0.2, 0.25) is 0 Å². The molecule has 0 amide bonds. The standard InChI is InChI=1S/C16H20N2O9S2/c19-7-11-13(20)14(21)15(22)16(26-11)28-12(18-27-29(23,24)25)5-8-6-17-10-4-2-1-3-9(8)10/h1-4,6,11,13-17,19-22H,5,7H2,(H,23,24,25)/b18-12-/t11-,13-,14+,15-,16+/m0/s1. The average Bonchev–Trinajstić information content (AvgIpc) is 3.08. The molecule has 5 atom stereocenters. The van der Waals surface area contributed by atoms with Crippen molar-refractivity contribution in [3.8, 4) is 0 Å². The van der Waals surface area contributed by atoms with E-state index in [4.69, 9.17) is 9.29 Å². The fraction of sp³-hybridized carbons (Fsp3) is 0.438. The number of hydrogen-bond donors (Lipinski definition) is 6. The molecule has 0 spiro atoms. The first kappa shape index (κ1) is 22.0. The summed E-state index contributed by atoms with van der Waals surface area (Å²) in [6.07, 6.45) is -4.11. The number of aromatic amines is 1. The first-order valence-corrected chi connectivity index (χ1v) is 10.7. The first-order chi connectivity index (χ1) is 13.7. The maximum Gasteiger partial charge on any atom is 0.466 e. The monoisotopic (exact) mass is 448 g/mol. The summed E-state index contributed by atoms with van der Waals surface area (Å²) in [4.78, 5) is 3.05. The van der Waals surface area contributed by atoms with Crippen molar-refractivity contribution in [3.63, 3.8) is 0 Å². The number of benzene rings is 1. The molecule has 2 aromatic rings. The Bertz CT molecular complexity index is 976. The van der Waals surface area contributed by atoms with E-state index in [0.29, 0.717) is 0 Å². The Morgan fingerprint density at radius 1 is 1.21 bits per heavy atom. The summed E-state index contributed by atoms with van der Waals surface area (Å²) in [7, 11) is -4.87. The van der Waals surface area contributed by atoms with Crippen LogP contribution in [-0.4, -0.2) is 79.9 Å². The summed E-state index contributed by atoms with van der Waals surface area (Å²) in [5.74, 6) is 0. The van der Waals surface area contributed by atoms with Gasteiger partial charge in [-0.15, -0.1) is 0 Å². The molecule has 1 fully saturated rings. The zero-order valence-electron chi connectivity index (χ0n) is 14.8. The number of hydrogen-bond acceptors (Lipinski definition) is 10. The van der Waals surface area contributed by atoms with Gasteiger partial charge in [0.05, 0.1) is 6.61 Å². The van der Waals surface area contributed by atoms with Crippen molar-refractivity contribution >= 4 is 38.1 Å². The number of oxime groups is 1. The van der Waals surface area contributed by atoms with Crippen LogP contribution in [-0.2, 0) is 25.8 Å². The van der Waals surface area contributed by atoms with E-state index in [2.05, 4.69) is 14.4 Å². The zero-order valence-corrected chi connectivity index (χ0v) is 16.5. The average molecular weight is 448 g/mol. The summed E-state index contributed by atoms with van der Waals surface area (Å²) in [6.45, 7) is -0.613. The topological polar surface area (TPSA) is 182 Å². The molecule has 0 saturated carbocycles. The van der Waals surface area contributed by atoms with E-state index >= 15 is 0 Å². The molecule has 160 valence electrons. The molecular formula is C16H20N2O9S2. The third-order valence-corrected chi connectivity index (χ3v) is 5.73. The van der Waals surface area contributed by atoms with Gasteiger partial charge in [0, 0.05) is 23.5 Å². The summed E-state index contributed by atoms with van der Waals surface area (Å²) >= 11 is 0.727. The third kappa shape index (κ3) is 5.26. The van der Waals surface area contributed by atoms with Crippen LogP contribution in [0.3, 0.4) is 0 Å². The second kappa shape index (κ2) is 8.97. The highest BCUT2D eigenvalue weighted by molar-refractivity contribution is 8.14. The van der Waals surface area contributed by atoms with E-state index in [1.807, 2.05) is 24.3 Å². The van der Waals surface area contributed by atoms with Crippen LogP contribution in [0.1, 0.15) is 5.56 Å². The van der Waals surface area contributed by atoms with Crippen LogP contribution < -0.4 is 0 Å². The molecule has 13 heteroatoms. The molecule has 6 N–H and O–H groups in total. The zero-order chi connectivity index (χ0) is 21.2. The summed E-state index contributed by atoms with van der Waals surface area (Å²) < 4.78 is 40.2. The largest absolute Gasteiger partial charge is 0.466 e. The molecule has 1 saturated heterocycles. The van der Waals surface area contributed by atoms with Crippen LogP contribution in [0.25, 0.3) is 10.9 Å². The molecule has 1 aliphatic heterocycles. The normalized spacial score (nSPS) is 28.6. The molecule has 1 aromatic heterocycles. The predicted octanol–water partition coefficient (Wildman–Crippen LogP) is -0.624. The molecular weight excluding hydrogens is 428 g/mol. The Kier molecular flexibility index (Phi) is 6.80. The Labute approximate surface area is 169 Å². The van der Waals surface area contributed by atoms with E-state index in [-0.39, 0.29) is 11.5 Å². The number of nitrogens with zero attached hydrogens (tertiary/aromatic N) is 1. The Morgan fingerprint density at radius 2 is 1.93 bits per heavy atom. The van der Waals surface area contributed by atoms with Crippen molar-refractivity contribution in [2.45, 2.75) is 36.3 Å². The van der Waals surface area contributed by atoms with E-state index in [1.165, 1.54) is 0 Å². The number of aliphatic hydroxyl groups is 4. The van der Waals surface area contributed by atoms with Crippen molar-refractivity contribution in [1.29, 1.82) is 0 Å². The van der Waals surface area contributed by atoms with E-state index in [0.717, 1.165) is 28.2 Å². The van der Waals surface area contributed by atoms with E-state index < -0.39 is 46.9 Å². The number of nitrogens with one attached hydrogen (secondary N) is 1. The second-order valence-corrected chi connectivity index (χ2v) is 8.51. The van der Waals surface area contributed by atoms with Crippen LogP contribution in [0, 0.1) is 0 Å². The van der Waals surface area contributed by atoms with Crippen LogP contribution in [0.5, 0.6) is 0 Å². The highest BCUT2D eigenvalue weighted by atomic mass is 32.3. The van der Waals surface area contributed by atoms with Crippen molar-refractivity contribution in [2.24, 2.45) is 5.16 Å². The smallest absolute Gasteiger partial charge is 0.394 e. The van der Waals surface area contributed by atoms with Crippen molar-refractivity contribution < 1.29 is 42.4 Å². The molecule has 0 unspecified atom stereocenters. The molecule has 0 bridgehead atoms. The first-order valence-electron chi connectivity index (χ1n) is 8.44. The molecule has 29 heavy (non-hydrogen) atoms. The third-order valence-electron chi connectivity index (χ3n) is 4.35. The minimum atomic E-state index is -4.87. The van der Waals surface area contributed by atoms with Gasteiger partial charge in [-0.3, -0.25) is 4.55 Å². The number of fused-ring (bicyclic) bond motifs is 1. The van der Waals surface area contributed by atoms with Crippen molar-refractivity contribution in [3.05, 3.63) is 36.0 Å². The Balaban J connectivity index is 1.85. The van der Waals surface area contributed by atoms with Crippen molar-refractivity contribution in [2.75, 3.05) is 6.61 Å². The highest BCUT2D eigenvalue weighted by Gasteiger charge is 2.44. The predicted molar refractivity (Wildman–Crippen MR) is 103 cm³/mol. The van der Waals surface area contributed by atoms with Gasteiger partial charge in [-0.1, -0.05) is 35.1 Å². The van der Waals surface area contributed by atoms with Crippen LogP contribution >= 0.6 is 11.8 Å². The van der Waals surface area contributed by atoms with E-state index in [9.17, 15) is 28.8 Å². The van der Waals surface area contributed by atoms with Crippen LogP contribution in [0.2, 0.25) is 0 Å². The molecule has 0 aliphatic carbocycles. The highest BCUT2D eigenvalue weighted by Crippen LogP contribution is 2.31. The minimum Gasteiger partial charge on any atom is -0.394 e. The lowest BCUT2D eigenvalue weighted by atomic mass is 10.0. The lowest BCUT2D eigenvalue weighted by Crippen LogP contribution is -2.57. The second-order valence-electron chi connectivity index (χ2n) is 6.34. The fourth-order valence-electron chi connectivity index (χ4n) is 2.92. The molecule has 0 radical (unpaired) electrons. The number of aliphatic hydroxyl groups excluding tert-OH is 4. The van der Waals surface area contributed by atoms with Gasteiger partial charge >= 0.3 is 10.4 Å². The van der Waals surface area contributed by atoms with Gasteiger partial charge in [-0.25, -0.2) is 4.28 Å². The van der Waals surface area contributed by atoms with Gasteiger partial charge in [-0.05, 0) is 11.6 Å². The van der Waals surface area contributed by atoms with Crippen molar-refractivity contribution in [1.82, 2.24) is 4.98 Å².